The van der Waals surface area contributed by atoms with Crippen LogP contribution in [-0.4, -0.2) is 4.98 Å². The minimum absolute atomic E-state index is 0.165. The Hall–Kier alpha value is -1.57. The van der Waals surface area contributed by atoms with E-state index in [0.717, 1.165) is 29.4 Å². The van der Waals surface area contributed by atoms with E-state index < -0.39 is 0 Å². The summed E-state index contributed by atoms with van der Waals surface area (Å²) in [5.41, 5.74) is 3.52. The molecule has 1 saturated carbocycles. The molecular formula is C15H17NO. The molecule has 0 saturated heterocycles. The van der Waals surface area contributed by atoms with Gasteiger partial charge in [-0.2, -0.15) is 0 Å². The van der Waals surface area contributed by atoms with Crippen LogP contribution in [0.2, 0.25) is 0 Å². The fraction of sp³-hybridized carbons (Fsp3) is 0.400. The number of hydrogen-bond acceptors (Lipinski definition) is 1. The van der Waals surface area contributed by atoms with Crippen molar-refractivity contribution in [1.29, 1.82) is 0 Å². The van der Waals surface area contributed by atoms with Crippen molar-refractivity contribution >= 4 is 10.9 Å². The number of aryl methyl sites for hydroxylation is 1. The largest absolute Gasteiger partial charge is 0.358 e. The van der Waals surface area contributed by atoms with E-state index in [2.05, 4.69) is 18.0 Å². The lowest BCUT2D eigenvalue weighted by Crippen LogP contribution is -2.05. The highest BCUT2D eigenvalue weighted by atomic mass is 16.1. The average molecular weight is 227 g/mol. The standard InChI is InChI=1S/C15H17NO/c1-2-3-10-4-7-13-12(8-10)15(17)9-14(16-13)11-5-6-11/h4,7-9,11H,2-3,5-6H2,1H3,(H,16,17). The Kier molecular flexibility index (Phi) is 2.50. The van der Waals surface area contributed by atoms with Gasteiger partial charge in [0.1, 0.15) is 0 Å². The summed E-state index contributed by atoms with van der Waals surface area (Å²) in [7, 11) is 0. The third-order valence-electron chi connectivity index (χ3n) is 3.47. The van der Waals surface area contributed by atoms with Gasteiger partial charge in [0.25, 0.3) is 0 Å². The summed E-state index contributed by atoms with van der Waals surface area (Å²) >= 11 is 0. The predicted octanol–water partition coefficient (Wildman–Crippen LogP) is 3.36. The third kappa shape index (κ3) is 1.99. The number of aromatic nitrogens is 1. The molecule has 88 valence electrons. The van der Waals surface area contributed by atoms with Crippen molar-refractivity contribution < 1.29 is 0 Å². The molecule has 1 heterocycles. The van der Waals surface area contributed by atoms with Gasteiger partial charge >= 0.3 is 0 Å². The molecule has 1 aliphatic carbocycles. The first-order valence-electron chi connectivity index (χ1n) is 6.44. The number of aromatic amines is 1. The Labute approximate surface area is 101 Å². The number of hydrogen-bond donors (Lipinski definition) is 1. The SMILES string of the molecule is CCCc1ccc2[nH]c(C3CC3)cc(=O)c2c1. The van der Waals surface area contributed by atoms with E-state index in [1.165, 1.54) is 18.4 Å². The van der Waals surface area contributed by atoms with Crippen LogP contribution < -0.4 is 5.43 Å². The summed E-state index contributed by atoms with van der Waals surface area (Å²) in [5, 5.41) is 0.834. The first-order valence-corrected chi connectivity index (χ1v) is 6.44. The zero-order valence-electron chi connectivity index (χ0n) is 10.1. The average Bonchev–Trinajstić information content (AvgIpc) is 3.14. The molecule has 0 amide bonds. The molecule has 2 aromatic rings. The van der Waals surface area contributed by atoms with Crippen LogP contribution in [0.1, 0.15) is 43.4 Å². The van der Waals surface area contributed by atoms with Gasteiger partial charge in [-0.15, -0.1) is 0 Å². The van der Waals surface area contributed by atoms with Gasteiger partial charge in [0, 0.05) is 22.7 Å². The van der Waals surface area contributed by atoms with Crippen LogP contribution >= 0.6 is 0 Å². The van der Waals surface area contributed by atoms with Crippen molar-refractivity contribution in [3.63, 3.8) is 0 Å². The molecule has 0 radical (unpaired) electrons. The van der Waals surface area contributed by atoms with Crippen molar-refractivity contribution in [3.05, 3.63) is 45.7 Å². The fourth-order valence-corrected chi connectivity index (χ4v) is 2.37. The number of fused-ring (bicyclic) bond motifs is 1. The lowest BCUT2D eigenvalue weighted by Gasteiger charge is -2.05. The number of nitrogens with one attached hydrogen (secondary N) is 1. The van der Waals surface area contributed by atoms with E-state index in [1.807, 2.05) is 12.1 Å². The van der Waals surface area contributed by atoms with E-state index >= 15 is 0 Å². The molecule has 0 atom stereocenters. The molecule has 0 bridgehead atoms. The maximum atomic E-state index is 12.1. The van der Waals surface area contributed by atoms with Gasteiger partial charge in [-0.3, -0.25) is 4.79 Å². The van der Waals surface area contributed by atoms with Gasteiger partial charge in [0.05, 0.1) is 0 Å². The second-order valence-electron chi connectivity index (χ2n) is 4.99. The molecule has 1 fully saturated rings. The summed E-state index contributed by atoms with van der Waals surface area (Å²) < 4.78 is 0. The number of pyridine rings is 1. The van der Waals surface area contributed by atoms with E-state index in [0.29, 0.717) is 5.92 Å². The van der Waals surface area contributed by atoms with Crippen LogP contribution in [0.5, 0.6) is 0 Å². The van der Waals surface area contributed by atoms with Gasteiger partial charge in [-0.25, -0.2) is 0 Å². The first kappa shape index (κ1) is 10.6. The molecule has 1 N–H and O–H groups in total. The second-order valence-corrected chi connectivity index (χ2v) is 4.99. The Morgan fingerprint density at radius 2 is 2.12 bits per heavy atom. The molecule has 0 aliphatic heterocycles. The highest BCUT2D eigenvalue weighted by Gasteiger charge is 2.24. The maximum Gasteiger partial charge on any atom is 0.189 e. The van der Waals surface area contributed by atoms with Crippen LogP contribution in [0.25, 0.3) is 10.9 Å². The van der Waals surface area contributed by atoms with Crippen molar-refractivity contribution in [2.24, 2.45) is 0 Å². The zero-order chi connectivity index (χ0) is 11.8. The van der Waals surface area contributed by atoms with E-state index in [4.69, 9.17) is 0 Å². The minimum Gasteiger partial charge on any atom is -0.358 e. The summed E-state index contributed by atoms with van der Waals surface area (Å²) in [6.45, 7) is 2.16. The van der Waals surface area contributed by atoms with Gasteiger partial charge in [-0.05, 0) is 42.9 Å². The van der Waals surface area contributed by atoms with E-state index in [1.54, 1.807) is 6.07 Å². The van der Waals surface area contributed by atoms with E-state index in [-0.39, 0.29) is 5.43 Å². The molecule has 1 aromatic heterocycles. The van der Waals surface area contributed by atoms with Crippen LogP contribution in [0.15, 0.2) is 29.1 Å². The minimum atomic E-state index is 0.165. The lowest BCUT2D eigenvalue weighted by molar-refractivity contribution is 0.923. The Morgan fingerprint density at radius 1 is 1.29 bits per heavy atom. The molecule has 1 aromatic carbocycles. The topological polar surface area (TPSA) is 32.9 Å². The first-order chi connectivity index (χ1) is 8.28. The molecule has 1 aliphatic rings. The number of rotatable bonds is 3. The Bertz CT molecular complexity index is 608. The molecule has 0 spiro atoms. The normalized spacial score (nSPS) is 15.4. The van der Waals surface area contributed by atoms with Crippen molar-refractivity contribution in [2.75, 3.05) is 0 Å². The van der Waals surface area contributed by atoms with Crippen molar-refractivity contribution in [3.8, 4) is 0 Å². The van der Waals surface area contributed by atoms with Crippen molar-refractivity contribution in [2.45, 2.75) is 38.5 Å². The van der Waals surface area contributed by atoms with Crippen LogP contribution in [0.3, 0.4) is 0 Å². The smallest absolute Gasteiger partial charge is 0.189 e. The molecular weight excluding hydrogens is 210 g/mol. The summed E-state index contributed by atoms with van der Waals surface area (Å²) in [5.74, 6) is 0.599. The highest BCUT2D eigenvalue weighted by Crippen LogP contribution is 2.38. The Balaban J connectivity index is 2.14. The third-order valence-corrected chi connectivity index (χ3v) is 3.47. The summed E-state index contributed by atoms with van der Waals surface area (Å²) in [6, 6.07) is 8.00. The highest BCUT2D eigenvalue weighted by molar-refractivity contribution is 5.79. The molecule has 0 unspecified atom stereocenters. The summed E-state index contributed by atoms with van der Waals surface area (Å²) in [6.07, 6.45) is 4.59. The fourth-order valence-electron chi connectivity index (χ4n) is 2.37. The molecule has 17 heavy (non-hydrogen) atoms. The maximum absolute atomic E-state index is 12.1. The van der Waals surface area contributed by atoms with E-state index in [9.17, 15) is 4.79 Å². The van der Waals surface area contributed by atoms with Gasteiger partial charge in [-0.1, -0.05) is 19.4 Å². The molecule has 3 rings (SSSR count). The summed E-state index contributed by atoms with van der Waals surface area (Å²) in [4.78, 5) is 15.5. The number of benzene rings is 1. The van der Waals surface area contributed by atoms with Gasteiger partial charge < -0.3 is 4.98 Å². The van der Waals surface area contributed by atoms with Gasteiger partial charge in [0.15, 0.2) is 5.43 Å². The zero-order valence-corrected chi connectivity index (χ0v) is 10.1. The van der Waals surface area contributed by atoms with Gasteiger partial charge in [0.2, 0.25) is 0 Å². The predicted molar refractivity (Wildman–Crippen MR) is 70.5 cm³/mol. The number of H-pyrrole nitrogens is 1. The van der Waals surface area contributed by atoms with Crippen molar-refractivity contribution in [1.82, 2.24) is 4.98 Å². The lowest BCUT2D eigenvalue weighted by atomic mass is 10.1. The van der Waals surface area contributed by atoms with Crippen LogP contribution in [0.4, 0.5) is 0 Å². The van der Waals surface area contributed by atoms with Crippen LogP contribution in [-0.2, 0) is 6.42 Å². The quantitative estimate of drug-likeness (QED) is 0.856. The second kappa shape index (κ2) is 4.02. The molecule has 2 heteroatoms. The van der Waals surface area contributed by atoms with Crippen LogP contribution in [0, 0.1) is 0 Å². The molecule has 2 nitrogen and oxygen atoms in total. The monoisotopic (exact) mass is 227 g/mol. The Morgan fingerprint density at radius 3 is 2.82 bits per heavy atom.